The molecule has 0 bridgehead atoms. The molecule has 1 fully saturated rings. The van der Waals surface area contributed by atoms with Crippen LogP contribution in [0.15, 0.2) is 18.2 Å². The minimum atomic E-state index is 0.206. The van der Waals surface area contributed by atoms with Gasteiger partial charge in [-0.3, -0.25) is 0 Å². The SMILES string of the molecule is COc1cc(CNC2CCCCCCC2)ccc1O. The van der Waals surface area contributed by atoms with Crippen molar-refractivity contribution in [3.05, 3.63) is 23.8 Å². The van der Waals surface area contributed by atoms with Gasteiger partial charge in [-0.1, -0.05) is 38.2 Å². The Morgan fingerprint density at radius 1 is 1.16 bits per heavy atom. The van der Waals surface area contributed by atoms with E-state index in [1.165, 1.54) is 44.9 Å². The first-order chi connectivity index (χ1) is 9.29. The predicted octanol–water partition coefficient (Wildman–Crippen LogP) is 3.60. The van der Waals surface area contributed by atoms with E-state index in [-0.39, 0.29) is 5.75 Å². The van der Waals surface area contributed by atoms with Crippen LogP contribution in [0.25, 0.3) is 0 Å². The molecule has 3 nitrogen and oxygen atoms in total. The molecule has 0 saturated heterocycles. The van der Waals surface area contributed by atoms with E-state index in [1.807, 2.05) is 12.1 Å². The molecule has 1 aliphatic carbocycles. The second-order valence-electron chi connectivity index (χ2n) is 5.43. The first-order valence-corrected chi connectivity index (χ1v) is 7.39. The van der Waals surface area contributed by atoms with E-state index in [2.05, 4.69) is 5.32 Å². The summed E-state index contributed by atoms with van der Waals surface area (Å²) in [5.41, 5.74) is 1.16. The van der Waals surface area contributed by atoms with Crippen molar-refractivity contribution in [2.24, 2.45) is 0 Å². The van der Waals surface area contributed by atoms with Gasteiger partial charge in [-0.2, -0.15) is 0 Å². The maximum atomic E-state index is 9.57. The van der Waals surface area contributed by atoms with Gasteiger partial charge in [0.2, 0.25) is 0 Å². The maximum Gasteiger partial charge on any atom is 0.160 e. The van der Waals surface area contributed by atoms with Crippen molar-refractivity contribution in [3.8, 4) is 11.5 Å². The molecule has 19 heavy (non-hydrogen) atoms. The zero-order chi connectivity index (χ0) is 13.5. The number of phenols is 1. The third kappa shape index (κ3) is 4.43. The van der Waals surface area contributed by atoms with Crippen LogP contribution in [0.2, 0.25) is 0 Å². The molecule has 0 heterocycles. The largest absolute Gasteiger partial charge is 0.504 e. The van der Waals surface area contributed by atoms with Crippen LogP contribution in [0.4, 0.5) is 0 Å². The van der Waals surface area contributed by atoms with Crippen LogP contribution < -0.4 is 10.1 Å². The fourth-order valence-electron chi connectivity index (χ4n) is 2.75. The number of rotatable bonds is 4. The predicted molar refractivity (Wildman–Crippen MR) is 77.6 cm³/mol. The zero-order valence-electron chi connectivity index (χ0n) is 11.8. The van der Waals surface area contributed by atoms with Gasteiger partial charge in [0.1, 0.15) is 0 Å². The molecule has 1 aromatic rings. The third-order valence-electron chi connectivity index (χ3n) is 3.94. The summed E-state index contributed by atoms with van der Waals surface area (Å²) in [6.07, 6.45) is 9.43. The fraction of sp³-hybridized carbons (Fsp3) is 0.625. The van der Waals surface area contributed by atoms with Gasteiger partial charge in [-0.25, -0.2) is 0 Å². The lowest BCUT2D eigenvalue weighted by Gasteiger charge is -2.21. The standard InChI is InChI=1S/C16H25NO2/c1-19-16-11-13(9-10-15(16)18)12-17-14-7-5-3-2-4-6-8-14/h9-11,14,17-18H,2-8,12H2,1H3. The smallest absolute Gasteiger partial charge is 0.160 e. The highest BCUT2D eigenvalue weighted by atomic mass is 16.5. The molecule has 0 spiro atoms. The summed E-state index contributed by atoms with van der Waals surface area (Å²) in [4.78, 5) is 0. The maximum absolute atomic E-state index is 9.57. The van der Waals surface area contributed by atoms with Crippen LogP contribution in [-0.4, -0.2) is 18.3 Å². The van der Waals surface area contributed by atoms with Gasteiger partial charge in [-0.05, 0) is 30.5 Å². The number of nitrogens with one attached hydrogen (secondary N) is 1. The number of methoxy groups -OCH3 is 1. The monoisotopic (exact) mass is 263 g/mol. The molecule has 0 radical (unpaired) electrons. The average molecular weight is 263 g/mol. The van der Waals surface area contributed by atoms with Crippen LogP contribution in [0.5, 0.6) is 11.5 Å². The summed E-state index contributed by atoms with van der Waals surface area (Å²) in [5.74, 6) is 0.758. The number of hydrogen-bond donors (Lipinski definition) is 2. The van der Waals surface area contributed by atoms with Crippen LogP contribution in [0.1, 0.15) is 50.5 Å². The molecule has 0 unspecified atom stereocenters. The van der Waals surface area contributed by atoms with E-state index in [9.17, 15) is 5.11 Å². The van der Waals surface area contributed by atoms with Crippen molar-refractivity contribution in [1.29, 1.82) is 0 Å². The van der Waals surface area contributed by atoms with Gasteiger partial charge in [-0.15, -0.1) is 0 Å². The van der Waals surface area contributed by atoms with Gasteiger partial charge < -0.3 is 15.2 Å². The van der Waals surface area contributed by atoms with Crippen molar-refractivity contribution in [3.63, 3.8) is 0 Å². The van der Waals surface area contributed by atoms with Gasteiger partial charge >= 0.3 is 0 Å². The van der Waals surface area contributed by atoms with E-state index >= 15 is 0 Å². The molecular formula is C16H25NO2. The van der Waals surface area contributed by atoms with Crippen molar-refractivity contribution in [1.82, 2.24) is 5.32 Å². The van der Waals surface area contributed by atoms with E-state index in [1.54, 1.807) is 13.2 Å². The Morgan fingerprint density at radius 2 is 1.84 bits per heavy atom. The number of ether oxygens (including phenoxy) is 1. The van der Waals surface area contributed by atoms with E-state index in [0.29, 0.717) is 11.8 Å². The normalized spacial score (nSPS) is 17.7. The number of aromatic hydroxyl groups is 1. The highest BCUT2D eigenvalue weighted by Gasteiger charge is 2.11. The fourth-order valence-corrected chi connectivity index (χ4v) is 2.75. The molecule has 1 aliphatic rings. The van der Waals surface area contributed by atoms with Crippen molar-refractivity contribution < 1.29 is 9.84 Å². The minimum Gasteiger partial charge on any atom is -0.504 e. The Morgan fingerprint density at radius 3 is 2.53 bits per heavy atom. The Labute approximate surface area is 116 Å². The van der Waals surface area contributed by atoms with Gasteiger partial charge in [0.25, 0.3) is 0 Å². The molecule has 0 aromatic heterocycles. The minimum absolute atomic E-state index is 0.206. The highest BCUT2D eigenvalue weighted by Crippen LogP contribution is 2.26. The lowest BCUT2D eigenvalue weighted by atomic mass is 9.96. The van der Waals surface area contributed by atoms with Gasteiger partial charge in [0, 0.05) is 12.6 Å². The number of phenolic OH excluding ortho intramolecular Hbond substituents is 1. The van der Waals surface area contributed by atoms with Crippen molar-refractivity contribution in [2.45, 2.75) is 57.5 Å². The highest BCUT2D eigenvalue weighted by molar-refractivity contribution is 5.41. The van der Waals surface area contributed by atoms with Crippen molar-refractivity contribution in [2.75, 3.05) is 7.11 Å². The summed E-state index contributed by atoms with van der Waals surface area (Å²) < 4.78 is 5.14. The Balaban J connectivity index is 1.86. The first-order valence-electron chi connectivity index (χ1n) is 7.39. The average Bonchev–Trinajstić information content (AvgIpc) is 2.39. The first kappa shape index (κ1) is 14.2. The molecule has 0 amide bonds. The summed E-state index contributed by atoms with van der Waals surface area (Å²) in [6.45, 7) is 0.849. The number of benzene rings is 1. The summed E-state index contributed by atoms with van der Waals surface area (Å²) in [7, 11) is 1.58. The lowest BCUT2D eigenvalue weighted by Crippen LogP contribution is -2.29. The Bertz CT molecular complexity index is 384. The second-order valence-corrected chi connectivity index (χ2v) is 5.43. The lowest BCUT2D eigenvalue weighted by molar-refractivity contribution is 0.370. The summed E-state index contributed by atoms with van der Waals surface area (Å²) in [6, 6.07) is 6.20. The zero-order valence-corrected chi connectivity index (χ0v) is 11.8. The molecule has 0 atom stereocenters. The van der Waals surface area contributed by atoms with Crippen LogP contribution >= 0.6 is 0 Å². The summed E-state index contributed by atoms with van der Waals surface area (Å²) in [5, 5.41) is 13.2. The molecule has 2 rings (SSSR count). The van der Waals surface area contributed by atoms with E-state index < -0.39 is 0 Å². The number of hydrogen-bond acceptors (Lipinski definition) is 3. The molecule has 2 N–H and O–H groups in total. The quantitative estimate of drug-likeness (QED) is 0.872. The Hall–Kier alpha value is -1.22. The topological polar surface area (TPSA) is 41.5 Å². The molecule has 1 aromatic carbocycles. The van der Waals surface area contributed by atoms with E-state index in [0.717, 1.165) is 12.1 Å². The molecule has 106 valence electrons. The van der Waals surface area contributed by atoms with Crippen molar-refractivity contribution >= 4 is 0 Å². The van der Waals surface area contributed by atoms with Crippen LogP contribution in [0.3, 0.4) is 0 Å². The molecular weight excluding hydrogens is 238 g/mol. The van der Waals surface area contributed by atoms with Gasteiger partial charge in [0.05, 0.1) is 7.11 Å². The summed E-state index contributed by atoms with van der Waals surface area (Å²) >= 11 is 0. The second kappa shape index (κ2) is 7.39. The molecule has 1 saturated carbocycles. The van der Waals surface area contributed by atoms with E-state index in [4.69, 9.17) is 4.74 Å². The van der Waals surface area contributed by atoms with Crippen LogP contribution in [-0.2, 0) is 6.54 Å². The Kier molecular flexibility index (Phi) is 5.52. The third-order valence-corrected chi connectivity index (χ3v) is 3.94. The molecule has 0 aliphatic heterocycles. The van der Waals surface area contributed by atoms with Crippen LogP contribution in [0, 0.1) is 0 Å². The molecule has 3 heteroatoms. The van der Waals surface area contributed by atoms with Gasteiger partial charge in [0.15, 0.2) is 11.5 Å².